The van der Waals surface area contributed by atoms with E-state index >= 15 is 0 Å². The number of rotatable bonds is 7. The lowest BCUT2D eigenvalue weighted by atomic mass is 9.98. The zero-order valence-corrected chi connectivity index (χ0v) is 16.8. The van der Waals surface area contributed by atoms with Crippen molar-refractivity contribution in [3.63, 3.8) is 0 Å². The highest BCUT2D eigenvalue weighted by Crippen LogP contribution is 2.39. The SMILES string of the molecule is CCCn1c2ccccc2c2nnc(SCC(=O)NC(C)(C#N)C3CC3)nc21. The van der Waals surface area contributed by atoms with Gasteiger partial charge in [-0.05, 0) is 38.2 Å². The summed E-state index contributed by atoms with van der Waals surface area (Å²) in [5, 5.41) is 22.3. The van der Waals surface area contributed by atoms with Crippen LogP contribution in [0.4, 0.5) is 0 Å². The maximum absolute atomic E-state index is 12.3. The number of fused-ring (bicyclic) bond motifs is 3. The minimum absolute atomic E-state index is 0.158. The van der Waals surface area contributed by atoms with Crippen molar-refractivity contribution in [3.8, 4) is 6.07 Å². The Morgan fingerprint density at radius 1 is 1.39 bits per heavy atom. The average Bonchev–Trinajstić information content (AvgIpc) is 3.52. The first-order valence-electron chi connectivity index (χ1n) is 9.52. The average molecular weight is 395 g/mol. The molecule has 7 nitrogen and oxygen atoms in total. The number of nitrogens with zero attached hydrogens (tertiary/aromatic N) is 5. The molecule has 1 amide bonds. The molecule has 1 aromatic carbocycles. The molecule has 2 aromatic heterocycles. The lowest BCUT2D eigenvalue weighted by Gasteiger charge is -2.22. The highest BCUT2D eigenvalue weighted by molar-refractivity contribution is 7.99. The summed E-state index contributed by atoms with van der Waals surface area (Å²) >= 11 is 1.24. The van der Waals surface area contributed by atoms with Crippen molar-refractivity contribution >= 4 is 39.7 Å². The van der Waals surface area contributed by atoms with Crippen LogP contribution in [0.5, 0.6) is 0 Å². The second-order valence-electron chi connectivity index (χ2n) is 7.36. The van der Waals surface area contributed by atoms with Gasteiger partial charge in [-0.25, -0.2) is 4.98 Å². The molecule has 8 heteroatoms. The molecule has 1 unspecified atom stereocenters. The van der Waals surface area contributed by atoms with Gasteiger partial charge in [-0.1, -0.05) is 36.9 Å². The number of nitrogens with one attached hydrogen (secondary N) is 1. The summed E-state index contributed by atoms with van der Waals surface area (Å²) in [6.45, 7) is 4.76. The Kier molecular flexibility index (Phi) is 4.94. The van der Waals surface area contributed by atoms with Crippen molar-refractivity contribution in [2.24, 2.45) is 5.92 Å². The van der Waals surface area contributed by atoms with Gasteiger partial charge in [-0.15, -0.1) is 10.2 Å². The van der Waals surface area contributed by atoms with Gasteiger partial charge in [0.05, 0.1) is 17.3 Å². The van der Waals surface area contributed by atoms with E-state index in [-0.39, 0.29) is 17.6 Å². The molecule has 0 radical (unpaired) electrons. The fraction of sp³-hybridized carbons (Fsp3) is 0.450. The third-order valence-corrected chi connectivity index (χ3v) is 6.00. The molecule has 0 saturated heterocycles. The van der Waals surface area contributed by atoms with Gasteiger partial charge in [0, 0.05) is 11.9 Å². The Bertz CT molecular complexity index is 1080. The summed E-state index contributed by atoms with van der Waals surface area (Å²) < 4.78 is 2.16. The Balaban J connectivity index is 1.55. The number of carbonyl (C=O) groups excluding carboxylic acids is 1. The molecule has 0 spiro atoms. The van der Waals surface area contributed by atoms with Gasteiger partial charge in [-0.2, -0.15) is 5.26 Å². The van der Waals surface area contributed by atoms with E-state index in [2.05, 4.69) is 44.1 Å². The summed E-state index contributed by atoms with van der Waals surface area (Å²) in [5.41, 5.74) is 1.88. The third-order valence-electron chi connectivity index (χ3n) is 5.16. The van der Waals surface area contributed by atoms with E-state index in [4.69, 9.17) is 0 Å². The molecular weight excluding hydrogens is 372 g/mol. The normalized spacial score (nSPS) is 16.0. The van der Waals surface area contributed by atoms with Crippen LogP contribution in [-0.4, -0.2) is 36.9 Å². The Morgan fingerprint density at radius 2 is 2.18 bits per heavy atom. The number of aromatic nitrogens is 4. The van der Waals surface area contributed by atoms with Gasteiger partial charge in [0.1, 0.15) is 11.1 Å². The quantitative estimate of drug-likeness (QED) is 0.618. The number of benzene rings is 1. The van der Waals surface area contributed by atoms with Gasteiger partial charge in [0.2, 0.25) is 11.1 Å². The van der Waals surface area contributed by atoms with E-state index < -0.39 is 5.54 Å². The van der Waals surface area contributed by atoms with Gasteiger partial charge < -0.3 is 9.88 Å². The smallest absolute Gasteiger partial charge is 0.231 e. The molecular formula is C20H22N6OS. The number of hydrogen-bond acceptors (Lipinski definition) is 6. The van der Waals surface area contributed by atoms with Crippen LogP contribution in [0.25, 0.3) is 22.1 Å². The fourth-order valence-electron chi connectivity index (χ4n) is 3.54. The Labute approximate surface area is 167 Å². The van der Waals surface area contributed by atoms with Crippen molar-refractivity contribution in [1.29, 1.82) is 5.26 Å². The lowest BCUT2D eigenvalue weighted by Crippen LogP contribution is -2.47. The molecule has 1 aliphatic carbocycles. The number of carbonyl (C=O) groups is 1. The van der Waals surface area contributed by atoms with Crippen LogP contribution in [0.3, 0.4) is 0 Å². The van der Waals surface area contributed by atoms with Crippen LogP contribution in [0, 0.1) is 17.2 Å². The van der Waals surface area contributed by atoms with E-state index in [1.54, 1.807) is 6.92 Å². The number of amides is 1. The van der Waals surface area contributed by atoms with Crippen LogP contribution < -0.4 is 5.32 Å². The first-order chi connectivity index (χ1) is 13.6. The Hall–Kier alpha value is -2.66. The Morgan fingerprint density at radius 3 is 2.89 bits per heavy atom. The molecule has 1 N–H and O–H groups in total. The first kappa shape index (κ1) is 18.7. The van der Waals surface area contributed by atoms with Crippen LogP contribution in [-0.2, 0) is 11.3 Å². The van der Waals surface area contributed by atoms with Gasteiger partial charge in [0.25, 0.3) is 0 Å². The standard InChI is InChI=1S/C20H22N6OS/c1-3-10-26-15-7-5-4-6-14(15)17-18(26)22-19(25-24-17)28-11-16(27)23-20(2,12-21)13-8-9-13/h4-7,13H,3,8-11H2,1-2H3,(H,23,27). The number of para-hydroxylation sites is 1. The van der Waals surface area contributed by atoms with Crippen molar-refractivity contribution in [2.45, 2.75) is 50.4 Å². The minimum atomic E-state index is -0.783. The van der Waals surface area contributed by atoms with E-state index in [0.29, 0.717) is 5.16 Å². The van der Waals surface area contributed by atoms with Crippen molar-refractivity contribution in [2.75, 3.05) is 5.75 Å². The maximum atomic E-state index is 12.3. The van der Waals surface area contributed by atoms with E-state index in [9.17, 15) is 10.1 Å². The van der Waals surface area contributed by atoms with Gasteiger partial charge >= 0.3 is 0 Å². The largest absolute Gasteiger partial charge is 0.337 e. The fourth-order valence-corrected chi connectivity index (χ4v) is 4.12. The molecule has 4 rings (SSSR count). The molecule has 28 heavy (non-hydrogen) atoms. The number of hydrogen-bond donors (Lipinski definition) is 1. The molecule has 0 aliphatic heterocycles. The van der Waals surface area contributed by atoms with Gasteiger partial charge in [-0.3, -0.25) is 4.79 Å². The van der Waals surface area contributed by atoms with Crippen LogP contribution in [0.1, 0.15) is 33.1 Å². The zero-order valence-electron chi connectivity index (χ0n) is 16.0. The predicted molar refractivity (Wildman–Crippen MR) is 109 cm³/mol. The maximum Gasteiger partial charge on any atom is 0.231 e. The molecule has 0 bridgehead atoms. The summed E-state index contributed by atoms with van der Waals surface area (Å²) in [6.07, 6.45) is 2.96. The van der Waals surface area contributed by atoms with E-state index in [1.165, 1.54) is 11.8 Å². The number of aryl methyl sites for hydroxylation is 1. The summed E-state index contributed by atoms with van der Waals surface area (Å²) in [7, 11) is 0. The van der Waals surface area contributed by atoms with Crippen LogP contribution >= 0.6 is 11.8 Å². The van der Waals surface area contributed by atoms with Gasteiger partial charge in [0.15, 0.2) is 5.65 Å². The van der Waals surface area contributed by atoms with Crippen molar-refractivity contribution in [3.05, 3.63) is 24.3 Å². The molecule has 1 fully saturated rings. The summed E-state index contributed by atoms with van der Waals surface area (Å²) in [5.74, 6) is 0.231. The third kappa shape index (κ3) is 3.42. The molecule has 1 aliphatic rings. The summed E-state index contributed by atoms with van der Waals surface area (Å²) in [6, 6.07) is 10.3. The topological polar surface area (TPSA) is 96.5 Å². The zero-order chi connectivity index (χ0) is 19.7. The predicted octanol–water partition coefficient (Wildman–Crippen LogP) is 3.29. The van der Waals surface area contributed by atoms with Crippen LogP contribution in [0.2, 0.25) is 0 Å². The van der Waals surface area contributed by atoms with E-state index in [1.807, 2.05) is 18.2 Å². The molecule has 144 valence electrons. The lowest BCUT2D eigenvalue weighted by molar-refractivity contribution is -0.119. The van der Waals surface area contributed by atoms with E-state index in [0.717, 1.165) is 47.9 Å². The van der Waals surface area contributed by atoms with Crippen molar-refractivity contribution in [1.82, 2.24) is 25.1 Å². The highest BCUT2D eigenvalue weighted by Gasteiger charge is 2.42. The second kappa shape index (κ2) is 7.40. The molecule has 2 heterocycles. The summed E-state index contributed by atoms with van der Waals surface area (Å²) in [4.78, 5) is 17.0. The number of nitriles is 1. The highest BCUT2D eigenvalue weighted by atomic mass is 32.2. The second-order valence-corrected chi connectivity index (χ2v) is 8.30. The first-order valence-corrected chi connectivity index (χ1v) is 10.5. The van der Waals surface area contributed by atoms with Crippen molar-refractivity contribution < 1.29 is 4.79 Å². The molecule has 3 aromatic rings. The van der Waals surface area contributed by atoms with Crippen LogP contribution in [0.15, 0.2) is 29.4 Å². The molecule has 1 saturated carbocycles. The minimum Gasteiger partial charge on any atom is -0.337 e. The monoisotopic (exact) mass is 394 g/mol. The molecule has 1 atom stereocenters. The number of thioether (sulfide) groups is 1.